The van der Waals surface area contributed by atoms with E-state index in [4.69, 9.17) is 0 Å². The molecule has 2 N–H and O–H groups in total. The maximum Gasteiger partial charge on any atom is 0.273 e. The van der Waals surface area contributed by atoms with Gasteiger partial charge in [-0.1, -0.05) is 18.2 Å². The molecule has 9 heteroatoms. The van der Waals surface area contributed by atoms with E-state index in [2.05, 4.69) is 10.6 Å². The number of nitriles is 1. The van der Waals surface area contributed by atoms with Gasteiger partial charge in [0.25, 0.3) is 17.5 Å². The summed E-state index contributed by atoms with van der Waals surface area (Å²) in [6.07, 6.45) is 0. The zero-order valence-corrected chi connectivity index (χ0v) is 18.7. The molecule has 0 atom stereocenters. The zero-order valence-electron chi connectivity index (χ0n) is 17.9. The summed E-state index contributed by atoms with van der Waals surface area (Å²) in [5, 5.41) is 26.4. The summed E-state index contributed by atoms with van der Waals surface area (Å²) in [5.41, 5.74) is 3.60. The molecule has 0 aliphatic heterocycles. The summed E-state index contributed by atoms with van der Waals surface area (Å²) in [6, 6.07) is 11.7. The van der Waals surface area contributed by atoms with Crippen molar-refractivity contribution >= 4 is 39.5 Å². The number of nitro benzene ring substituents is 1. The Labute approximate surface area is 188 Å². The van der Waals surface area contributed by atoms with Gasteiger partial charge in [-0.3, -0.25) is 19.7 Å². The van der Waals surface area contributed by atoms with Crippen molar-refractivity contribution in [2.45, 2.75) is 27.7 Å². The van der Waals surface area contributed by atoms with Gasteiger partial charge in [0.05, 0.1) is 15.4 Å². The number of thiophene rings is 1. The van der Waals surface area contributed by atoms with E-state index in [1.54, 1.807) is 19.9 Å². The van der Waals surface area contributed by atoms with Gasteiger partial charge in [0.15, 0.2) is 0 Å². The van der Waals surface area contributed by atoms with Crippen molar-refractivity contribution in [1.29, 1.82) is 5.26 Å². The first kappa shape index (κ1) is 22.7. The maximum atomic E-state index is 12.9. The SMILES string of the molecule is Cc1ccc(C(=O)Nc2sc(C(=O)Nc3cccc(C)c3C)c(C)c2C#N)cc1[N+](=O)[O-]. The number of carbonyl (C=O) groups is 2. The molecule has 0 aliphatic rings. The number of aryl methyl sites for hydroxylation is 2. The van der Waals surface area contributed by atoms with E-state index >= 15 is 0 Å². The molecule has 0 saturated heterocycles. The molecule has 8 nitrogen and oxygen atoms in total. The number of hydrogen-bond donors (Lipinski definition) is 2. The van der Waals surface area contributed by atoms with E-state index < -0.39 is 10.8 Å². The molecule has 3 rings (SSSR count). The monoisotopic (exact) mass is 448 g/mol. The van der Waals surface area contributed by atoms with E-state index in [1.807, 2.05) is 32.0 Å². The molecule has 0 saturated carbocycles. The largest absolute Gasteiger partial charge is 0.321 e. The predicted octanol–water partition coefficient (Wildman–Crippen LogP) is 5.27. The van der Waals surface area contributed by atoms with E-state index in [-0.39, 0.29) is 27.7 Å². The van der Waals surface area contributed by atoms with Crippen molar-refractivity contribution in [3.05, 3.63) is 84.8 Å². The molecular formula is C23H20N4O4S. The molecule has 162 valence electrons. The van der Waals surface area contributed by atoms with Crippen LogP contribution in [0.5, 0.6) is 0 Å². The summed E-state index contributed by atoms with van der Waals surface area (Å²) in [4.78, 5) is 36.5. The smallest absolute Gasteiger partial charge is 0.273 e. The van der Waals surface area contributed by atoms with Gasteiger partial charge in [-0.15, -0.1) is 11.3 Å². The summed E-state index contributed by atoms with van der Waals surface area (Å²) < 4.78 is 0. The molecule has 32 heavy (non-hydrogen) atoms. The van der Waals surface area contributed by atoms with Crippen LogP contribution in [0.1, 0.15) is 47.8 Å². The van der Waals surface area contributed by atoms with Gasteiger partial charge in [-0.2, -0.15) is 5.26 Å². The number of nitro groups is 1. The Morgan fingerprint density at radius 3 is 2.38 bits per heavy atom. The fraction of sp³-hybridized carbons (Fsp3) is 0.174. The second-order valence-corrected chi connectivity index (χ2v) is 8.31. The van der Waals surface area contributed by atoms with Crippen molar-refractivity contribution in [3.63, 3.8) is 0 Å². The number of nitrogens with zero attached hydrogens (tertiary/aromatic N) is 2. The van der Waals surface area contributed by atoms with Crippen molar-refractivity contribution in [2.24, 2.45) is 0 Å². The van der Waals surface area contributed by atoms with E-state index in [0.29, 0.717) is 21.7 Å². The topological polar surface area (TPSA) is 125 Å². The first-order valence-corrected chi connectivity index (χ1v) is 10.4. The third-order valence-electron chi connectivity index (χ3n) is 5.21. The van der Waals surface area contributed by atoms with Gasteiger partial charge in [-0.25, -0.2) is 0 Å². The zero-order chi connectivity index (χ0) is 23.6. The summed E-state index contributed by atoms with van der Waals surface area (Å²) >= 11 is 0.984. The normalized spacial score (nSPS) is 10.3. The second kappa shape index (κ2) is 8.99. The van der Waals surface area contributed by atoms with Crippen LogP contribution < -0.4 is 10.6 Å². The number of nitrogens with one attached hydrogen (secondary N) is 2. The number of hydrogen-bond acceptors (Lipinski definition) is 6. The van der Waals surface area contributed by atoms with Crippen LogP contribution in [0.3, 0.4) is 0 Å². The van der Waals surface area contributed by atoms with Crippen LogP contribution in [0.25, 0.3) is 0 Å². The third kappa shape index (κ3) is 4.36. The Morgan fingerprint density at radius 2 is 1.72 bits per heavy atom. The van der Waals surface area contributed by atoms with Crippen LogP contribution in [0.15, 0.2) is 36.4 Å². The van der Waals surface area contributed by atoms with Gasteiger partial charge in [0.1, 0.15) is 11.1 Å². The Morgan fingerprint density at radius 1 is 1.00 bits per heavy atom. The first-order chi connectivity index (χ1) is 15.1. The van der Waals surface area contributed by atoms with Crippen molar-refractivity contribution in [2.75, 3.05) is 10.6 Å². The van der Waals surface area contributed by atoms with Crippen LogP contribution in [0, 0.1) is 49.1 Å². The summed E-state index contributed by atoms with van der Waals surface area (Å²) in [7, 11) is 0. The maximum absolute atomic E-state index is 12.9. The Kier molecular flexibility index (Phi) is 6.37. The standard InChI is InChI=1S/C23H20N4O4S/c1-12-6-5-7-18(14(12)3)25-22(29)20-15(4)17(11-24)23(32-20)26-21(28)16-9-8-13(2)19(10-16)27(30)31/h5-10H,1-4H3,(H,25,29)(H,26,28). The number of amides is 2. The van der Waals surface area contributed by atoms with Gasteiger partial charge >= 0.3 is 0 Å². The minimum Gasteiger partial charge on any atom is -0.321 e. The fourth-order valence-corrected chi connectivity index (χ4v) is 4.19. The number of benzene rings is 2. The molecule has 1 aromatic heterocycles. The highest BCUT2D eigenvalue weighted by atomic mass is 32.1. The lowest BCUT2D eigenvalue weighted by molar-refractivity contribution is -0.385. The Balaban J connectivity index is 1.90. The number of anilines is 2. The fourth-order valence-electron chi connectivity index (χ4n) is 3.14. The van der Waals surface area contributed by atoms with Crippen LogP contribution in [0.2, 0.25) is 0 Å². The average Bonchev–Trinajstić information content (AvgIpc) is 3.06. The van der Waals surface area contributed by atoms with Gasteiger partial charge in [0, 0.05) is 22.9 Å². The van der Waals surface area contributed by atoms with E-state index in [0.717, 1.165) is 22.5 Å². The lowest BCUT2D eigenvalue weighted by atomic mass is 10.1. The highest BCUT2D eigenvalue weighted by Gasteiger charge is 2.23. The molecule has 1 heterocycles. The third-order valence-corrected chi connectivity index (χ3v) is 6.42. The number of rotatable bonds is 5. The average molecular weight is 449 g/mol. The Bertz CT molecular complexity index is 1300. The van der Waals surface area contributed by atoms with E-state index in [9.17, 15) is 25.0 Å². The van der Waals surface area contributed by atoms with Crippen LogP contribution >= 0.6 is 11.3 Å². The molecule has 0 fully saturated rings. The quantitative estimate of drug-likeness (QED) is 0.406. The van der Waals surface area contributed by atoms with Crippen molar-refractivity contribution < 1.29 is 14.5 Å². The minimum absolute atomic E-state index is 0.0821. The Hall–Kier alpha value is -4.03. The van der Waals surface area contributed by atoms with E-state index in [1.165, 1.54) is 18.2 Å². The minimum atomic E-state index is -0.604. The van der Waals surface area contributed by atoms with Crippen LogP contribution in [-0.4, -0.2) is 16.7 Å². The van der Waals surface area contributed by atoms with Crippen molar-refractivity contribution in [3.8, 4) is 6.07 Å². The molecule has 2 aromatic carbocycles. The summed E-state index contributed by atoms with van der Waals surface area (Å²) in [6.45, 7) is 7.06. The second-order valence-electron chi connectivity index (χ2n) is 7.29. The van der Waals surface area contributed by atoms with Gasteiger partial charge in [0.2, 0.25) is 0 Å². The van der Waals surface area contributed by atoms with Gasteiger partial charge in [-0.05, 0) is 56.5 Å². The molecule has 0 spiro atoms. The molecule has 0 aliphatic carbocycles. The molecular weight excluding hydrogens is 428 g/mol. The number of carbonyl (C=O) groups excluding carboxylic acids is 2. The molecule has 3 aromatic rings. The molecule has 0 bridgehead atoms. The first-order valence-electron chi connectivity index (χ1n) is 9.61. The van der Waals surface area contributed by atoms with Gasteiger partial charge < -0.3 is 10.6 Å². The van der Waals surface area contributed by atoms with Crippen LogP contribution in [0.4, 0.5) is 16.4 Å². The molecule has 0 radical (unpaired) electrons. The summed E-state index contributed by atoms with van der Waals surface area (Å²) in [5.74, 6) is -0.989. The highest BCUT2D eigenvalue weighted by Crippen LogP contribution is 2.34. The lowest BCUT2D eigenvalue weighted by Gasteiger charge is -2.09. The molecule has 0 unspecified atom stereocenters. The molecule has 2 amide bonds. The highest BCUT2D eigenvalue weighted by molar-refractivity contribution is 7.18. The van der Waals surface area contributed by atoms with Crippen LogP contribution in [-0.2, 0) is 0 Å². The predicted molar refractivity (Wildman–Crippen MR) is 123 cm³/mol. The lowest BCUT2D eigenvalue weighted by Crippen LogP contribution is -2.12. The van der Waals surface area contributed by atoms with Crippen molar-refractivity contribution in [1.82, 2.24) is 0 Å².